The Balaban J connectivity index is 0.000000371. The van der Waals surface area contributed by atoms with E-state index >= 15 is 0 Å². The van der Waals surface area contributed by atoms with Gasteiger partial charge >= 0.3 is 0 Å². The van der Waals surface area contributed by atoms with Crippen molar-refractivity contribution in [2.45, 2.75) is 39.0 Å². The van der Waals surface area contributed by atoms with Crippen molar-refractivity contribution in [2.75, 3.05) is 0 Å². The maximum atomic E-state index is 6.50. The van der Waals surface area contributed by atoms with Gasteiger partial charge in [-0.05, 0) is 48.4 Å². The molecule has 1 aromatic carbocycles. The smallest absolute Gasteiger partial charge is 0.0667 e. The first-order valence-corrected chi connectivity index (χ1v) is 6.33. The number of aliphatic imine (C=N–C) groups is 1. The number of benzene rings is 1. The molecule has 0 unspecified atom stereocenters. The van der Waals surface area contributed by atoms with E-state index in [4.69, 9.17) is 5.26 Å². The standard InChI is InChI=1S/C13H15N.C2H4.CHN/c1-2-12-7-11-6-9-4-3-5-10(9)8-13(11)14-12;2*1-2/h6,8H,2-5,7H2,1H3;1-2H2;1H. The van der Waals surface area contributed by atoms with Gasteiger partial charge in [-0.2, -0.15) is 0 Å². The van der Waals surface area contributed by atoms with E-state index in [1.54, 1.807) is 11.1 Å². The second kappa shape index (κ2) is 6.76. The fourth-order valence-electron chi connectivity index (χ4n) is 2.54. The summed E-state index contributed by atoms with van der Waals surface area (Å²) in [7, 11) is 0. The largest absolute Gasteiger partial charge is 0.257 e. The van der Waals surface area contributed by atoms with Crippen LogP contribution in [0.3, 0.4) is 0 Å². The second-order valence-corrected chi connectivity index (χ2v) is 4.31. The van der Waals surface area contributed by atoms with E-state index < -0.39 is 0 Å². The Hall–Kier alpha value is -1.88. The molecule has 0 saturated heterocycles. The summed E-state index contributed by atoms with van der Waals surface area (Å²) in [5.41, 5.74) is 7.19. The lowest BCUT2D eigenvalue weighted by molar-refractivity contribution is 0.911. The van der Waals surface area contributed by atoms with Crippen LogP contribution in [0.4, 0.5) is 5.69 Å². The van der Waals surface area contributed by atoms with E-state index in [9.17, 15) is 0 Å². The van der Waals surface area contributed by atoms with Crippen molar-refractivity contribution in [1.29, 1.82) is 5.26 Å². The van der Waals surface area contributed by atoms with E-state index in [0.29, 0.717) is 0 Å². The Morgan fingerprint density at radius 3 is 2.39 bits per heavy atom. The van der Waals surface area contributed by atoms with Gasteiger partial charge in [0.1, 0.15) is 0 Å². The fraction of sp³-hybridized carbons (Fsp3) is 0.375. The maximum absolute atomic E-state index is 6.50. The molecule has 0 N–H and O–H groups in total. The topological polar surface area (TPSA) is 36.1 Å². The summed E-state index contributed by atoms with van der Waals surface area (Å²) in [5, 5.41) is 6.50. The third-order valence-electron chi connectivity index (χ3n) is 3.37. The average molecular weight is 240 g/mol. The lowest BCUT2D eigenvalue weighted by atomic mass is 10.0. The molecule has 1 heterocycles. The van der Waals surface area contributed by atoms with Crippen LogP contribution in [-0.4, -0.2) is 5.71 Å². The molecule has 1 aliphatic carbocycles. The van der Waals surface area contributed by atoms with Gasteiger partial charge in [0.15, 0.2) is 0 Å². The van der Waals surface area contributed by atoms with Gasteiger partial charge in [-0.15, -0.1) is 13.2 Å². The van der Waals surface area contributed by atoms with Gasteiger partial charge in [-0.1, -0.05) is 13.0 Å². The van der Waals surface area contributed by atoms with Gasteiger partial charge in [0.05, 0.1) is 5.69 Å². The minimum absolute atomic E-state index is 1.10. The fourth-order valence-corrected chi connectivity index (χ4v) is 2.54. The van der Waals surface area contributed by atoms with Gasteiger partial charge in [0.25, 0.3) is 0 Å². The van der Waals surface area contributed by atoms with Gasteiger partial charge in [-0.25, -0.2) is 5.26 Å². The molecule has 0 bridgehead atoms. The third kappa shape index (κ3) is 2.68. The summed E-state index contributed by atoms with van der Waals surface area (Å²) in [5.74, 6) is 0. The Morgan fingerprint density at radius 1 is 1.17 bits per heavy atom. The minimum atomic E-state index is 1.10. The summed E-state index contributed by atoms with van der Waals surface area (Å²) < 4.78 is 0. The Labute approximate surface area is 110 Å². The van der Waals surface area contributed by atoms with Gasteiger partial charge in [0.2, 0.25) is 0 Å². The number of fused-ring (bicyclic) bond motifs is 2. The molecule has 0 atom stereocenters. The van der Waals surface area contributed by atoms with Crippen molar-refractivity contribution in [2.24, 2.45) is 4.99 Å². The number of nitrogens with zero attached hydrogens (tertiary/aromatic N) is 2. The van der Waals surface area contributed by atoms with E-state index in [1.807, 2.05) is 0 Å². The zero-order valence-corrected chi connectivity index (χ0v) is 11.1. The molecule has 18 heavy (non-hydrogen) atoms. The van der Waals surface area contributed by atoms with Crippen LogP contribution in [0, 0.1) is 11.8 Å². The van der Waals surface area contributed by atoms with Crippen LogP contribution in [0.15, 0.2) is 30.3 Å². The molecule has 94 valence electrons. The zero-order valence-electron chi connectivity index (χ0n) is 11.1. The summed E-state index contributed by atoms with van der Waals surface area (Å²) >= 11 is 0. The molecule has 2 aliphatic rings. The van der Waals surface area contributed by atoms with Crippen LogP contribution in [0.25, 0.3) is 0 Å². The van der Waals surface area contributed by atoms with Crippen molar-refractivity contribution in [3.63, 3.8) is 0 Å². The molecule has 2 heteroatoms. The van der Waals surface area contributed by atoms with Crippen LogP contribution in [0.2, 0.25) is 0 Å². The molecule has 0 fully saturated rings. The predicted molar refractivity (Wildman–Crippen MR) is 77.5 cm³/mol. The molecule has 0 saturated carbocycles. The highest BCUT2D eigenvalue weighted by Crippen LogP contribution is 2.34. The number of aryl methyl sites for hydroxylation is 2. The molecular formula is C16H20N2. The first-order valence-electron chi connectivity index (χ1n) is 6.33. The van der Waals surface area contributed by atoms with Crippen molar-refractivity contribution in [3.05, 3.63) is 42.0 Å². The average Bonchev–Trinajstić information content (AvgIpc) is 3.05. The van der Waals surface area contributed by atoms with Crippen LogP contribution >= 0.6 is 0 Å². The first-order chi connectivity index (χ1) is 8.86. The van der Waals surface area contributed by atoms with E-state index in [2.05, 4.69) is 43.8 Å². The number of nitriles is 1. The summed E-state index contributed by atoms with van der Waals surface area (Å²) in [6.45, 7) is 11.7. The van der Waals surface area contributed by atoms with E-state index in [1.165, 1.54) is 36.2 Å². The molecule has 1 aliphatic heterocycles. The summed E-state index contributed by atoms with van der Waals surface area (Å²) in [6, 6.07) is 4.71. The van der Waals surface area contributed by atoms with Crippen LogP contribution in [0.1, 0.15) is 36.5 Å². The lowest BCUT2D eigenvalue weighted by Gasteiger charge is -2.02. The van der Waals surface area contributed by atoms with Crippen LogP contribution in [-0.2, 0) is 19.3 Å². The molecular weight excluding hydrogens is 220 g/mol. The molecule has 0 aromatic heterocycles. The maximum Gasteiger partial charge on any atom is 0.0667 e. The third-order valence-corrected chi connectivity index (χ3v) is 3.37. The van der Waals surface area contributed by atoms with Crippen molar-refractivity contribution in [1.82, 2.24) is 0 Å². The van der Waals surface area contributed by atoms with Crippen molar-refractivity contribution < 1.29 is 0 Å². The van der Waals surface area contributed by atoms with Crippen LogP contribution in [0.5, 0.6) is 0 Å². The Morgan fingerprint density at radius 2 is 1.78 bits per heavy atom. The summed E-state index contributed by atoms with van der Waals surface area (Å²) in [4.78, 5) is 4.66. The quantitative estimate of drug-likeness (QED) is 0.679. The highest BCUT2D eigenvalue weighted by Gasteiger charge is 2.18. The molecule has 0 amide bonds. The van der Waals surface area contributed by atoms with E-state index in [-0.39, 0.29) is 0 Å². The molecule has 2 nitrogen and oxygen atoms in total. The number of hydrogen-bond acceptors (Lipinski definition) is 2. The van der Waals surface area contributed by atoms with Gasteiger partial charge in [-0.3, -0.25) is 4.99 Å². The molecule has 3 rings (SSSR count). The van der Waals surface area contributed by atoms with Crippen LogP contribution < -0.4 is 0 Å². The number of rotatable bonds is 1. The molecule has 0 spiro atoms. The summed E-state index contributed by atoms with van der Waals surface area (Å²) in [6.07, 6.45) is 6.07. The van der Waals surface area contributed by atoms with Crippen molar-refractivity contribution >= 4 is 11.4 Å². The predicted octanol–water partition coefficient (Wildman–Crippen LogP) is 4.16. The SMILES string of the molecule is C#N.C=C.CCC1=Nc2cc3c(cc2C1)CCC3. The number of hydrogen-bond donors (Lipinski definition) is 0. The normalized spacial score (nSPS) is 14.3. The minimum Gasteiger partial charge on any atom is -0.257 e. The monoisotopic (exact) mass is 240 g/mol. The highest BCUT2D eigenvalue weighted by molar-refractivity contribution is 5.94. The van der Waals surface area contributed by atoms with Crippen molar-refractivity contribution in [3.8, 4) is 6.57 Å². The first kappa shape index (κ1) is 14.2. The van der Waals surface area contributed by atoms with E-state index in [0.717, 1.165) is 12.8 Å². The molecule has 1 aromatic rings. The van der Waals surface area contributed by atoms with Gasteiger partial charge in [0, 0.05) is 18.7 Å². The zero-order chi connectivity index (χ0) is 13.5. The highest BCUT2D eigenvalue weighted by atomic mass is 14.8. The Kier molecular flexibility index (Phi) is 5.32. The second-order valence-electron chi connectivity index (χ2n) is 4.31. The van der Waals surface area contributed by atoms with Gasteiger partial charge < -0.3 is 0 Å². The molecule has 0 radical (unpaired) electrons. The lowest BCUT2D eigenvalue weighted by Crippen LogP contribution is -1.94. The Bertz CT molecular complexity index is 469.